The highest BCUT2D eigenvalue weighted by Crippen LogP contribution is 2.28. The van der Waals surface area contributed by atoms with Crippen LogP contribution in [0.4, 0.5) is 26.7 Å². The summed E-state index contributed by atoms with van der Waals surface area (Å²) in [4.78, 5) is 38.5. The quantitative estimate of drug-likeness (QED) is 0.247. The maximum atomic E-state index is 14.0. The average molecular weight is 651 g/mol. The smallest absolute Gasteiger partial charge is 0.485 e. The molecule has 3 aromatic rings. The van der Waals surface area contributed by atoms with Gasteiger partial charge in [-0.15, -0.1) is 0 Å². The number of imidazole rings is 1. The van der Waals surface area contributed by atoms with E-state index in [0.717, 1.165) is 12.1 Å². The van der Waals surface area contributed by atoms with Crippen molar-refractivity contribution in [2.45, 2.75) is 71.9 Å². The molecule has 16 heteroatoms. The van der Waals surface area contributed by atoms with Gasteiger partial charge in [-0.1, -0.05) is 17.7 Å². The molecule has 3 rings (SSSR count). The second-order valence-electron chi connectivity index (χ2n) is 11.1. The number of carbonyl (C=O) groups is 3. The number of aliphatic carboxylic acids is 1. The molecule has 0 bridgehead atoms. The van der Waals surface area contributed by atoms with Gasteiger partial charge >= 0.3 is 18.2 Å². The Balaban J connectivity index is 0.000000860. The number of nitrogens with zero attached hydrogens (tertiary/aromatic N) is 2. The number of aryl methyl sites for hydroxylation is 1. The number of halogens is 6. The number of amides is 2. The number of nitrogens with one attached hydrogen (secondary N) is 2. The van der Waals surface area contributed by atoms with E-state index in [2.05, 4.69) is 15.6 Å². The largest absolute Gasteiger partial charge is 0.490 e. The number of alkyl carbamates (subject to hydrolysis) is 1. The van der Waals surface area contributed by atoms with E-state index in [1.165, 1.54) is 22.7 Å². The second kappa shape index (κ2) is 14.1. The lowest BCUT2D eigenvalue weighted by Crippen LogP contribution is -2.47. The third-order valence-corrected chi connectivity index (χ3v) is 5.80. The predicted octanol–water partition coefficient (Wildman–Crippen LogP) is 6.21. The van der Waals surface area contributed by atoms with Gasteiger partial charge in [-0.25, -0.2) is 23.4 Å². The zero-order chi connectivity index (χ0) is 33.6. The lowest BCUT2D eigenvalue weighted by atomic mass is 10.0. The number of alkyl halides is 3. The van der Waals surface area contributed by atoms with Gasteiger partial charge < -0.3 is 25.2 Å². The summed E-state index contributed by atoms with van der Waals surface area (Å²) in [7, 11) is 0. The molecule has 44 heavy (non-hydrogen) atoms. The summed E-state index contributed by atoms with van der Waals surface area (Å²) in [6, 6.07) is 5.02. The minimum absolute atomic E-state index is 0.167. The van der Waals surface area contributed by atoms with E-state index >= 15 is 0 Å². The highest BCUT2D eigenvalue weighted by molar-refractivity contribution is 6.30. The number of pyridine rings is 1. The molecule has 0 aliphatic rings. The van der Waals surface area contributed by atoms with Crippen LogP contribution in [-0.4, -0.2) is 56.3 Å². The minimum Gasteiger partial charge on any atom is -0.485 e. The molecule has 0 atom stereocenters. The Morgan fingerprint density at radius 2 is 1.64 bits per heavy atom. The maximum Gasteiger partial charge on any atom is 0.490 e. The Morgan fingerprint density at radius 3 is 2.16 bits per heavy atom. The van der Waals surface area contributed by atoms with Gasteiger partial charge in [0.05, 0.1) is 16.3 Å². The summed E-state index contributed by atoms with van der Waals surface area (Å²) in [5.74, 6) is -4.47. The normalized spacial score (nSPS) is 11.8. The van der Waals surface area contributed by atoms with Crippen molar-refractivity contribution in [1.82, 2.24) is 20.0 Å². The van der Waals surface area contributed by atoms with Gasteiger partial charge in [-0.05, 0) is 60.1 Å². The Hall–Kier alpha value is -4.14. The van der Waals surface area contributed by atoms with E-state index in [1.807, 2.05) is 13.8 Å². The van der Waals surface area contributed by atoms with E-state index in [1.54, 1.807) is 27.7 Å². The first-order valence-electron chi connectivity index (χ1n) is 12.9. The van der Waals surface area contributed by atoms with Crippen molar-refractivity contribution in [2.75, 3.05) is 6.54 Å². The number of carbonyl (C=O) groups excluding carboxylic acids is 2. The molecule has 242 valence electrons. The molecule has 0 saturated carbocycles. The van der Waals surface area contributed by atoms with Gasteiger partial charge in [0, 0.05) is 24.3 Å². The summed E-state index contributed by atoms with van der Waals surface area (Å²) < 4.78 is 72.2. The van der Waals surface area contributed by atoms with Crippen molar-refractivity contribution < 1.29 is 50.9 Å². The molecule has 2 heterocycles. The molecular weight excluding hydrogens is 619 g/mol. The fraction of sp³-hybridized carbons (Fsp3) is 0.429. The van der Waals surface area contributed by atoms with Crippen LogP contribution in [0.1, 0.15) is 62.8 Å². The molecular formula is C28H32ClF5N4O6. The topological polar surface area (TPSA) is 131 Å². The van der Waals surface area contributed by atoms with Crippen LogP contribution in [-0.2, 0) is 16.1 Å². The van der Waals surface area contributed by atoms with Crippen LogP contribution in [0, 0.1) is 18.6 Å². The number of carboxylic acid groups (broad SMARTS) is 1. The number of carboxylic acids is 1. The molecule has 0 radical (unpaired) electrons. The zero-order valence-corrected chi connectivity index (χ0v) is 25.4. The maximum absolute atomic E-state index is 14.0. The van der Waals surface area contributed by atoms with E-state index < -0.39 is 46.9 Å². The SMILES string of the molecule is Cc1nc2c(OCc3c(F)cccc3F)cc(Cl)cn2c1C(=O)NCCC(C)(C)NC(=O)OC(C)(C)C.O=C(O)C(F)(F)F. The molecule has 0 aliphatic carbocycles. The van der Waals surface area contributed by atoms with Gasteiger partial charge in [0.15, 0.2) is 11.4 Å². The third kappa shape index (κ3) is 10.5. The highest BCUT2D eigenvalue weighted by atomic mass is 35.5. The van der Waals surface area contributed by atoms with Crippen LogP contribution in [0.15, 0.2) is 30.5 Å². The summed E-state index contributed by atoms with van der Waals surface area (Å²) in [6.07, 6.45) is -3.69. The molecule has 2 aromatic heterocycles. The fourth-order valence-electron chi connectivity index (χ4n) is 3.61. The molecule has 0 aliphatic heterocycles. The van der Waals surface area contributed by atoms with Crippen molar-refractivity contribution >= 4 is 35.2 Å². The molecule has 1 aromatic carbocycles. The van der Waals surface area contributed by atoms with Crippen LogP contribution >= 0.6 is 11.6 Å². The number of rotatable bonds is 8. The summed E-state index contributed by atoms with van der Waals surface area (Å²) >= 11 is 6.25. The van der Waals surface area contributed by atoms with E-state index in [4.69, 9.17) is 31.0 Å². The second-order valence-corrected chi connectivity index (χ2v) is 11.5. The van der Waals surface area contributed by atoms with Gasteiger partial charge in [0.2, 0.25) is 0 Å². The highest BCUT2D eigenvalue weighted by Gasteiger charge is 2.38. The first kappa shape index (κ1) is 36.1. The zero-order valence-electron chi connectivity index (χ0n) is 24.7. The lowest BCUT2D eigenvalue weighted by Gasteiger charge is -2.28. The van der Waals surface area contributed by atoms with Crippen molar-refractivity contribution in [3.63, 3.8) is 0 Å². The van der Waals surface area contributed by atoms with Crippen LogP contribution in [0.2, 0.25) is 5.02 Å². The Kier molecular flexibility index (Phi) is 11.6. The van der Waals surface area contributed by atoms with Crippen LogP contribution in [0.5, 0.6) is 5.75 Å². The summed E-state index contributed by atoms with van der Waals surface area (Å²) in [5, 5.41) is 13.0. The summed E-state index contributed by atoms with van der Waals surface area (Å²) in [6.45, 7) is 10.5. The average Bonchev–Trinajstić information content (AvgIpc) is 3.17. The van der Waals surface area contributed by atoms with Crippen LogP contribution in [0.3, 0.4) is 0 Å². The number of ether oxygens (including phenoxy) is 2. The van der Waals surface area contributed by atoms with E-state index in [9.17, 15) is 31.5 Å². The fourth-order valence-corrected chi connectivity index (χ4v) is 3.81. The number of fused-ring (bicyclic) bond motifs is 1. The third-order valence-electron chi connectivity index (χ3n) is 5.59. The minimum atomic E-state index is -5.08. The first-order valence-corrected chi connectivity index (χ1v) is 13.3. The van der Waals surface area contributed by atoms with Crippen molar-refractivity contribution in [1.29, 1.82) is 0 Å². The number of hydrogen-bond donors (Lipinski definition) is 3. The molecule has 0 fully saturated rings. The Bertz CT molecular complexity index is 1500. The van der Waals surface area contributed by atoms with E-state index in [-0.39, 0.29) is 40.8 Å². The molecule has 2 amide bonds. The van der Waals surface area contributed by atoms with Crippen LogP contribution in [0.25, 0.3) is 5.65 Å². The van der Waals surface area contributed by atoms with Gasteiger partial charge in [-0.3, -0.25) is 9.20 Å². The first-order chi connectivity index (χ1) is 20.1. The van der Waals surface area contributed by atoms with Gasteiger partial charge in [0.1, 0.15) is 29.5 Å². The lowest BCUT2D eigenvalue weighted by molar-refractivity contribution is -0.192. The molecule has 10 nitrogen and oxygen atoms in total. The Morgan fingerprint density at radius 1 is 1.07 bits per heavy atom. The predicted molar refractivity (Wildman–Crippen MR) is 150 cm³/mol. The van der Waals surface area contributed by atoms with Gasteiger partial charge in [0.25, 0.3) is 5.91 Å². The molecule has 0 unspecified atom stereocenters. The summed E-state index contributed by atoms with van der Waals surface area (Å²) in [5.41, 5.74) is -0.580. The number of benzene rings is 1. The van der Waals surface area contributed by atoms with Gasteiger partial charge in [-0.2, -0.15) is 13.2 Å². The molecule has 3 N–H and O–H groups in total. The number of aromatic nitrogens is 2. The Labute approximate surface area is 254 Å². The molecule has 0 spiro atoms. The standard InChI is InChI=1S/C26H31ClF2N4O4.C2HF3O2/c1-15-21(23(34)30-11-10-26(5,6)32-24(35)37-25(2,3)4)33-13-16(27)12-20(22(33)31-15)36-14-17-18(28)8-7-9-19(17)29;3-2(4,5)1(6)7/h7-9,12-13H,10-11,14H2,1-6H3,(H,30,34)(H,32,35);(H,6,7). The van der Waals surface area contributed by atoms with Crippen molar-refractivity contribution in [2.24, 2.45) is 0 Å². The van der Waals surface area contributed by atoms with Crippen molar-refractivity contribution in [3.8, 4) is 5.75 Å². The van der Waals surface area contributed by atoms with E-state index in [0.29, 0.717) is 12.1 Å². The van der Waals surface area contributed by atoms with Crippen LogP contribution < -0.4 is 15.4 Å². The van der Waals surface area contributed by atoms with Crippen molar-refractivity contribution in [3.05, 3.63) is 64.1 Å². The monoisotopic (exact) mass is 650 g/mol. The molecule has 0 saturated heterocycles. The number of hydrogen-bond acceptors (Lipinski definition) is 6.